The van der Waals surface area contributed by atoms with Gasteiger partial charge in [-0.05, 0) is 32.6 Å². The van der Waals surface area contributed by atoms with Crippen LogP contribution in [0.15, 0.2) is 12.4 Å². The molecule has 0 amide bonds. The van der Waals surface area contributed by atoms with Crippen molar-refractivity contribution in [1.82, 2.24) is 15.3 Å². The number of hydrogen-bond donors (Lipinski definition) is 2. The van der Waals surface area contributed by atoms with Gasteiger partial charge in [0.2, 0.25) is 5.95 Å². The van der Waals surface area contributed by atoms with E-state index >= 15 is 0 Å². The van der Waals surface area contributed by atoms with Crippen molar-refractivity contribution in [2.24, 2.45) is 5.41 Å². The fourth-order valence-electron chi connectivity index (χ4n) is 2.43. The highest BCUT2D eigenvalue weighted by Gasteiger charge is 2.24. The maximum absolute atomic E-state index is 4.28. The Kier molecular flexibility index (Phi) is 5.29. The van der Waals surface area contributed by atoms with Gasteiger partial charge in [0, 0.05) is 36.6 Å². The molecular weight excluding hydrogens is 236 g/mol. The predicted octanol–water partition coefficient (Wildman–Crippen LogP) is 3.21. The average molecular weight is 264 g/mol. The van der Waals surface area contributed by atoms with E-state index in [0.717, 1.165) is 25.1 Å². The quantitative estimate of drug-likeness (QED) is 0.828. The van der Waals surface area contributed by atoms with Crippen molar-refractivity contribution in [2.75, 3.05) is 11.9 Å². The molecule has 0 bridgehead atoms. The number of anilines is 1. The van der Waals surface area contributed by atoms with Gasteiger partial charge in [-0.15, -0.1) is 0 Å². The number of nitrogens with zero attached hydrogens (tertiary/aromatic N) is 2. The zero-order valence-electron chi connectivity index (χ0n) is 13.2. The van der Waals surface area contributed by atoms with Gasteiger partial charge in [-0.3, -0.25) is 0 Å². The van der Waals surface area contributed by atoms with Gasteiger partial charge in [0.15, 0.2) is 0 Å². The van der Waals surface area contributed by atoms with Gasteiger partial charge >= 0.3 is 0 Å². The molecule has 1 aromatic heterocycles. The first-order valence-corrected chi connectivity index (χ1v) is 7.02. The van der Waals surface area contributed by atoms with Crippen molar-refractivity contribution in [3.8, 4) is 0 Å². The molecule has 0 saturated carbocycles. The van der Waals surface area contributed by atoms with Crippen LogP contribution in [-0.2, 0) is 6.54 Å². The Hall–Kier alpha value is -1.16. The molecule has 4 heteroatoms. The van der Waals surface area contributed by atoms with Crippen LogP contribution in [0.25, 0.3) is 0 Å². The van der Waals surface area contributed by atoms with E-state index in [1.165, 1.54) is 0 Å². The summed E-state index contributed by atoms with van der Waals surface area (Å²) in [6.07, 6.45) is 4.88. The van der Waals surface area contributed by atoms with Crippen molar-refractivity contribution in [3.05, 3.63) is 18.0 Å². The molecule has 0 saturated heterocycles. The fraction of sp³-hybridized carbons (Fsp3) is 0.733. The van der Waals surface area contributed by atoms with Gasteiger partial charge in [0.05, 0.1) is 0 Å². The van der Waals surface area contributed by atoms with Crippen LogP contribution in [0.5, 0.6) is 0 Å². The van der Waals surface area contributed by atoms with Crippen LogP contribution < -0.4 is 10.6 Å². The zero-order valence-corrected chi connectivity index (χ0v) is 13.2. The molecular formula is C15H28N4. The lowest BCUT2D eigenvalue weighted by atomic mass is 9.82. The maximum atomic E-state index is 4.28. The number of rotatable bonds is 6. The first-order chi connectivity index (χ1) is 8.72. The van der Waals surface area contributed by atoms with Gasteiger partial charge < -0.3 is 10.6 Å². The largest absolute Gasteiger partial charge is 0.355 e. The van der Waals surface area contributed by atoms with Crippen LogP contribution in [0.3, 0.4) is 0 Å². The highest BCUT2D eigenvalue weighted by molar-refractivity contribution is 5.24. The molecule has 0 aliphatic carbocycles. The van der Waals surface area contributed by atoms with Crippen molar-refractivity contribution < 1.29 is 0 Å². The van der Waals surface area contributed by atoms with Crippen molar-refractivity contribution >= 4 is 5.95 Å². The van der Waals surface area contributed by atoms with Gasteiger partial charge in [-0.25, -0.2) is 9.97 Å². The standard InChI is InChI=1S/C15H28N4/c1-7-16-13-17-8-12(9-18-13)10-19-15(5,6)11-14(2,3)4/h8-9,19H,7,10-11H2,1-6H3,(H,16,17,18). The van der Waals surface area contributed by atoms with Crippen molar-refractivity contribution in [3.63, 3.8) is 0 Å². The summed E-state index contributed by atoms with van der Waals surface area (Å²) in [6.45, 7) is 15.0. The first-order valence-electron chi connectivity index (χ1n) is 7.02. The average Bonchev–Trinajstić information content (AvgIpc) is 2.25. The smallest absolute Gasteiger partial charge is 0.222 e. The third kappa shape index (κ3) is 6.53. The number of aromatic nitrogens is 2. The second-order valence-corrected chi connectivity index (χ2v) is 6.92. The van der Waals surface area contributed by atoms with Gasteiger partial charge in [-0.1, -0.05) is 20.8 Å². The molecule has 0 aliphatic rings. The molecule has 108 valence electrons. The molecule has 0 aromatic carbocycles. The fourth-order valence-corrected chi connectivity index (χ4v) is 2.43. The molecule has 0 spiro atoms. The van der Waals surface area contributed by atoms with E-state index in [4.69, 9.17) is 0 Å². The van der Waals surface area contributed by atoms with E-state index in [9.17, 15) is 0 Å². The Morgan fingerprint density at radius 3 is 2.11 bits per heavy atom. The van der Waals surface area contributed by atoms with E-state index in [1.807, 2.05) is 19.3 Å². The summed E-state index contributed by atoms with van der Waals surface area (Å²) < 4.78 is 0. The molecule has 0 fully saturated rings. The summed E-state index contributed by atoms with van der Waals surface area (Å²) in [5.74, 6) is 0.695. The molecule has 19 heavy (non-hydrogen) atoms. The van der Waals surface area contributed by atoms with Crippen LogP contribution in [-0.4, -0.2) is 22.1 Å². The second kappa shape index (κ2) is 6.33. The summed E-state index contributed by atoms with van der Waals surface area (Å²) in [6, 6.07) is 0. The predicted molar refractivity (Wildman–Crippen MR) is 81.2 cm³/mol. The van der Waals surface area contributed by atoms with Crippen LogP contribution in [0.2, 0.25) is 0 Å². The van der Waals surface area contributed by atoms with E-state index in [-0.39, 0.29) is 5.54 Å². The highest BCUT2D eigenvalue weighted by Crippen LogP contribution is 2.26. The van der Waals surface area contributed by atoms with E-state index < -0.39 is 0 Å². The number of hydrogen-bond acceptors (Lipinski definition) is 4. The second-order valence-electron chi connectivity index (χ2n) is 6.92. The lowest BCUT2D eigenvalue weighted by molar-refractivity contribution is 0.240. The van der Waals surface area contributed by atoms with Crippen LogP contribution in [0.4, 0.5) is 5.95 Å². The number of nitrogens with one attached hydrogen (secondary N) is 2. The van der Waals surface area contributed by atoms with Crippen LogP contribution in [0.1, 0.15) is 53.5 Å². The summed E-state index contributed by atoms with van der Waals surface area (Å²) in [7, 11) is 0. The monoisotopic (exact) mass is 264 g/mol. The third-order valence-corrected chi connectivity index (χ3v) is 2.78. The summed E-state index contributed by atoms with van der Waals surface area (Å²) >= 11 is 0. The summed E-state index contributed by atoms with van der Waals surface area (Å²) in [4.78, 5) is 8.56. The Balaban J connectivity index is 2.51. The minimum Gasteiger partial charge on any atom is -0.355 e. The molecule has 4 nitrogen and oxygen atoms in total. The molecule has 1 aromatic rings. The van der Waals surface area contributed by atoms with E-state index in [2.05, 4.69) is 55.2 Å². The normalized spacial score (nSPS) is 12.5. The third-order valence-electron chi connectivity index (χ3n) is 2.78. The topological polar surface area (TPSA) is 49.8 Å². The Morgan fingerprint density at radius 1 is 1.05 bits per heavy atom. The Morgan fingerprint density at radius 2 is 1.63 bits per heavy atom. The molecule has 2 N–H and O–H groups in total. The molecule has 0 radical (unpaired) electrons. The SMILES string of the molecule is CCNc1ncc(CNC(C)(C)CC(C)(C)C)cn1. The zero-order chi connectivity index (χ0) is 14.5. The Bertz CT molecular complexity index is 376. The maximum Gasteiger partial charge on any atom is 0.222 e. The molecule has 1 rings (SSSR count). The molecule has 0 aliphatic heterocycles. The van der Waals surface area contributed by atoms with Crippen LogP contribution >= 0.6 is 0 Å². The molecule has 0 unspecified atom stereocenters. The van der Waals surface area contributed by atoms with Crippen LogP contribution in [0, 0.1) is 5.41 Å². The minimum absolute atomic E-state index is 0.110. The Labute approximate surface area is 117 Å². The van der Waals surface area contributed by atoms with Gasteiger partial charge in [-0.2, -0.15) is 0 Å². The first kappa shape index (κ1) is 15.9. The van der Waals surface area contributed by atoms with Gasteiger partial charge in [0.1, 0.15) is 0 Å². The summed E-state index contributed by atoms with van der Waals surface area (Å²) in [5.41, 5.74) is 1.55. The highest BCUT2D eigenvalue weighted by atomic mass is 15.1. The van der Waals surface area contributed by atoms with Gasteiger partial charge in [0.25, 0.3) is 0 Å². The van der Waals surface area contributed by atoms with E-state index in [0.29, 0.717) is 11.4 Å². The van der Waals surface area contributed by atoms with Crippen molar-refractivity contribution in [1.29, 1.82) is 0 Å². The molecule has 0 atom stereocenters. The summed E-state index contributed by atoms with van der Waals surface area (Å²) in [5, 5.41) is 6.68. The van der Waals surface area contributed by atoms with E-state index in [1.54, 1.807) is 0 Å². The lowest BCUT2D eigenvalue weighted by Crippen LogP contribution is -2.41. The minimum atomic E-state index is 0.110. The molecule has 1 heterocycles. The lowest BCUT2D eigenvalue weighted by Gasteiger charge is -2.33. The van der Waals surface area contributed by atoms with Crippen molar-refractivity contribution in [2.45, 2.75) is 60.0 Å².